The topological polar surface area (TPSA) is 76.4 Å². The molecule has 1 aromatic heterocycles. The maximum atomic E-state index is 12.7. The van der Waals surface area contributed by atoms with E-state index in [4.69, 9.17) is 4.74 Å². The molecule has 28 heavy (non-hydrogen) atoms. The largest absolute Gasteiger partial charge is 0.492 e. The zero-order valence-corrected chi connectivity index (χ0v) is 18.0. The Morgan fingerprint density at radius 3 is 2.68 bits per heavy atom. The summed E-state index contributed by atoms with van der Waals surface area (Å²) in [6.45, 7) is 3.92. The summed E-state index contributed by atoms with van der Waals surface area (Å²) < 4.78 is 45.3. The highest BCUT2D eigenvalue weighted by atomic mass is 127. The van der Waals surface area contributed by atoms with E-state index >= 15 is 0 Å². The minimum atomic E-state index is -4.38. The zero-order chi connectivity index (χ0) is 19.7. The summed E-state index contributed by atoms with van der Waals surface area (Å²) in [4.78, 5) is 4.09. The van der Waals surface area contributed by atoms with Crippen LogP contribution in [0.15, 0.2) is 35.6 Å². The first-order valence-corrected chi connectivity index (χ1v) is 8.55. The molecule has 0 saturated heterocycles. The highest BCUT2D eigenvalue weighted by Gasteiger charge is 2.30. The third-order valence-corrected chi connectivity index (χ3v) is 3.71. The van der Waals surface area contributed by atoms with Crippen LogP contribution in [0, 0.1) is 0 Å². The van der Waals surface area contributed by atoms with Crippen molar-refractivity contribution in [1.29, 1.82) is 0 Å². The average molecular weight is 512 g/mol. The number of hydrogen-bond donors (Lipinski definition) is 2. The van der Waals surface area contributed by atoms with Crippen LogP contribution in [0.1, 0.15) is 18.3 Å². The van der Waals surface area contributed by atoms with Crippen molar-refractivity contribution in [3.05, 3.63) is 42.0 Å². The summed E-state index contributed by atoms with van der Waals surface area (Å²) >= 11 is 0. The van der Waals surface area contributed by atoms with Crippen LogP contribution in [0.25, 0.3) is 0 Å². The first-order chi connectivity index (χ1) is 12.9. The standard InChI is InChI=1S/C17H23F3N6O.HI/c1-3-15-25-24-12-26(15)9-7-22-16(21-2)23-8-10-27-14-6-4-5-13(11-14)17(18,19)20;/h4-6,11-12H,3,7-10H2,1-2H3,(H2,21,22,23);1H. The highest BCUT2D eigenvalue weighted by Crippen LogP contribution is 2.31. The Hall–Kier alpha value is -2.05. The minimum Gasteiger partial charge on any atom is -0.492 e. The fourth-order valence-electron chi connectivity index (χ4n) is 2.36. The third kappa shape index (κ3) is 7.52. The number of benzene rings is 1. The van der Waals surface area contributed by atoms with Crippen molar-refractivity contribution >= 4 is 29.9 Å². The maximum absolute atomic E-state index is 12.7. The monoisotopic (exact) mass is 512 g/mol. The number of guanidine groups is 1. The SMILES string of the molecule is CCc1nncn1CCNC(=NC)NCCOc1cccc(C(F)(F)F)c1.I. The van der Waals surface area contributed by atoms with Gasteiger partial charge in [0, 0.05) is 26.6 Å². The highest BCUT2D eigenvalue weighted by molar-refractivity contribution is 14.0. The lowest BCUT2D eigenvalue weighted by Crippen LogP contribution is -2.40. The number of aryl methyl sites for hydroxylation is 1. The summed E-state index contributed by atoms with van der Waals surface area (Å²) in [6, 6.07) is 4.81. The van der Waals surface area contributed by atoms with Crippen LogP contribution >= 0.6 is 24.0 Å². The van der Waals surface area contributed by atoms with Crippen molar-refractivity contribution in [2.45, 2.75) is 26.1 Å². The van der Waals surface area contributed by atoms with Gasteiger partial charge in [-0.1, -0.05) is 13.0 Å². The van der Waals surface area contributed by atoms with E-state index in [0.717, 1.165) is 24.4 Å². The number of halogens is 4. The first kappa shape index (κ1) is 24.0. The van der Waals surface area contributed by atoms with Crippen LogP contribution in [0.4, 0.5) is 13.2 Å². The number of ether oxygens (including phenoxy) is 1. The molecule has 0 amide bonds. The van der Waals surface area contributed by atoms with E-state index in [1.807, 2.05) is 11.5 Å². The minimum absolute atomic E-state index is 0. The van der Waals surface area contributed by atoms with E-state index in [1.54, 1.807) is 13.4 Å². The van der Waals surface area contributed by atoms with Crippen LogP contribution in [0.3, 0.4) is 0 Å². The Morgan fingerprint density at radius 2 is 2.00 bits per heavy atom. The van der Waals surface area contributed by atoms with Crippen molar-refractivity contribution < 1.29 is 17.9 Å². The molecule has 0 unspecified atom stereocenters. The molecule has 156 valence electrons. The lowest BCUT2D eigenvalue weighted by atomic mass is 10.2. The smallest absolute Gasteiger partial charge is 0.416 e. The molecule has 7 nitrogen and oxygen atoms in total. The van der Waals surface area contributed by atoms with Gasteiger partial charge in [-0.05, 0) is 18.2 Å². The predicted molar refractivity (Wildman–Crippen MR) is 111 cm³/mol. The fraction of sp³-hybridized carbons (Fsp3) is 0.471. The molecule has 0 atom stereocenters. The van der Waals surface area contributed by atoms with E-state index < -0.39 is 11.7 Å². The summed E-state index contributed by atoms with van der Waals surface area (Å²) in [5.41, 5.74) is -0.731. The Balaban J connectivity index is 0.00000392. The molecule has 0 spiro atoms. The van der Waals surface area contributed by atoms with E-state index in [2.05, 4.69) is 25.8 Å². The second kappa shape index (κ2) is 11.7. The lowest BCUT2D eigenvalue weighted by molar-refractivity contribution is -0.137. The van der Waals surface area contributed by atoms with Crippen molar-refractivity contribution in [3.8, 4) is 5.75 Å². The van der Waals surface area contributed by atoms with Crippen molar-refractivity contribution in [3.63, 3.8) is 0 Å². The molecule has 0 bridgehead atoms. The zero-order valence-electron chi connectivity index (χ0n) is 15.7. The van der Waals surface area contributed by atoms with Gasteiger partial charge >= 0.3 is 6.18 Å². The van der Waals surface area contributed by atoms with E-state index in [0.29, 0.717) is 25.6 Å². The summed E-state index contributed by atoms with van der Waals surface area (Å²) in [6.07, 6.45) is -1.90. The second-order valence-electron chi connectivity index (χ2n) is 5.59. The Morgan fingerprint density at radius 1 is 1.25 bits per heavy atom. The van der Waals surface area contributed by atoms with Crippen LogP contribution in [-0.2, 0) is 19.1 Å². The number of aromatic nitrogens is 3. The summed E-state index contributed by atoms with van der Waals surface area (Å²) in [7, 11) is 1.64. The van der Waals surface area contributed by atoms with Crippen molar-refractivity contribution in [2.75, 3.05) is 26.7 Å². The van der Waals surface area contributed by atoms with Crippen LogP contribution in [0.2, 0.25) is 0 Å². The molecule has 0 aliphatic rings. The molecule has 1 heterocycles. The summed E-state index contributed by atoms with van der Waals surface area (Å²) in [5, 5.41) is 14.1. The predicted octanol–water partition coefficient (Wildman–Crippen LogP) is 2.72. The quantitative estimate of drug-likeness (QED) is 0.246. The van der Waals surface area contributed by atoms with Gasteiger partial charge in [0.2, 0.25) is 0 Å². The lowest BCUT2D eigenvalue weighted by Gasteiger charge is -2.14. The number of nitrogens with zero attached hydrogens (tertiary/aromatic N) is 4. The first-order valence-electron chi connectivity index (χ1n) is 8.55. The Bertz CT molecular complexity index is 750. The molecule has 0 fully saturated rings. The molecular weight excluding hydrogens is 488 g/mol. The van der Waals surface area contributed by atoms with Gasteiger partial charge in [0.25, 0.3) is 0 Å². The molecule has 0 radical (unpaired) electrons. The molecule has 1 aromatic carbocycles. The normalized spacial score (nSPS) is 11.7. The maximum Gasteiger partial charge on any atom is 0.416 e. The van der Waals surface area contributed by atoms with Gasteiger partial charge < -0.3 is 19.9 Å². The van der Waals surface area contributed by atoms with Crippen molar-refractivity contribution in [2.24, 2.45) is 4.99 Å². The molecule has 11 heteroatoms. The van der Waals surface area contributed by atoms with Crippen LogP contribution in [0.5, 0.6) is 5.75 Å². The third-order valence-electron chi connectivity index (χ3n) is 3.71. The molecule has 2 N–H and O–H groups in total. The van der Waals surface area contributed by atoms with Gasteiger partial charge in [0.05, 0.1) is 12.1 Å². The Kier molecular flexibility index (Phi) is 10.0. The van der Waals surface area contributed by atoms with Gasteiger partial charge in [0.1, 0.15) is 24.5 Å². The van der Waals surface area contributed by atoms with Gasteiger partial charge in [0.15, 0.2) is 5.96 Å². The molecule has 2 rings (SSSR count). The van der Waals surface area contributed by atoms with Gasteiger partial charge in [-0.25, -0.2) is 0 Å². The molecule has 0 aliphatic carbocycles. The Labute approximate surface area is 178 Å². The number of hydrogen-bond acceptors (Lipinski definition) is 4. The summed E-state index contributed by atoms with van der Waals surface area (Å²) in [5.74, 6) is 1.66. The van der Waals surface area contributed by atoms with E-state index in [-0.39, 0.29) is 36.3 Å². The van der Waals surface area contributed by atoms with E-state index in [9.17, 15) is 13.2 Å². The van der Waals surface area contributed by atoms with Crippen LogP contribution < -0.4 is 15.4 Å². The van der Waals surface area contributed by atoms with Crippen LogP contribution in [-0.4, -0.2) is 47.5 Å². The number of nitrogens with one attached hydrogen (secondary N) is 2. The van der Waals surface area contributed by atoms with Crippen molar-refractivity contribution in [1.82, 2.24) is 25.4 Å². The van der Waals surface area contributed by atoms with E-state index in [1.165, 1.54) is 12.1 Å². The average Bonchev–Trinajstić information content (AvgIpc) is 3.10. The fourth-order valence-corrected chi connectivity index (χ4v) is 2.36. The molecular formula is C17H24F3IN6O. The number of alkyl halides is 3. The van der Waals surface area contributed by atoms with Gasteiger partial charge in [-0.15, -0.1) is 34.2 Å². The molecule has 0 saturated carbocycles. The molecule has 2 aromatic rings. The number of rotatable bonds is 8. The second-order valence-corrected chi connectivity index (χ2v) is 5.59. The number of aliphatic imine (C=N–C) groups is 1. The van der Waals surface area contributed by atoms with Gasteiger partial charge in [-0.2, -0.15) is 13.2 Å². The molecule has 0 aliphatic heterocycles. The van der Waals surface area contributed by atoms with Gasteiger partial charge in [-0.3, -0.25) is 4.99 Å².